The highest BCUT2D eigenvalue weighted by molar-refractivity contribution is 6.00. The number of ether oxygens (including phenoxy) is 2. The number of carbonyl (C=O) groups excluding carboxylic acids is 2. The molecule has 0 radical (unpaired) electrons. The number of imidazole rings is 2. The van der Waals surface area contributed by atoms with Gasteiger partial charge in [0.1, 0.15) is 0 Å². The number of hydrogen-bond acceptors (Lipinski definition) is 9. The average molecular weight is 711 g/mol. The largest absolute Gasteiger partial charge is 0.462 e. The summed E-state index contributed by atoms with van der Waals surface area (Å²) in [7, 11) is 0. The third-order valence-electron chi connectivity index (χ3n) is 8.66. The van der Waals surface area contributed by atoms with Crippen LogP contribution in [0, 0.1) is 10.1 Å². The second kappa shape index (κ2) is 16.9. The first-order chi connectivity index (χ1) is 25.8. The lowest BCUT2D eigenvalue weighted by molar-refractivity contribution is -0.384. The molecule has 1 N–H and O–H groups in total. The Labute approximate surface area is 306 Å². The zero-order valence-electron chi connectivity index (χ0n) is 29.3. The molecule has 1 aliphatic heterocycles. The third-order valence-corrected chi connectivity index (χ3v) is 8.66. The van der Waals surface area contributed by atoms with Crippen molar-refractivity contribution in [2.24, 2.45) is 0 Å². The van der Waals surface area contributed by atoms with Gasteiger partial charge in [0.2, 0.25) is 0 Å². The maximum absolute atomic E-state index is 13.7. The van der Waals surface area contributed by atoms with E-state index in [0.717, 1.165) is 22.5 Å². The van der Waals surface area contributed by atoms with E-state index in [1.807, 2.05) is 94.4 Å². The summed E-state index contributed by atoms with van der Waals surface area (Å²) in [6.07, 6.45) is 19.3. The van der Waals surface area contributed by atoms with Crippen molar-refractivity contribution >= 4 is 29.8 Å². The summed E-state index contributed by atoms with van der Waals surface area (Å²) in [6.45, 7) is 3.60. The van der Waals surface area contributed by atoms with Gasteiger partial charge in [-0.1, -0.05) is 60.7 Å². The van der Waals surface area contributed by atoms with Crippen LogP contribution in [0.25, 0.3) is 23.5 Å². The van der Waals surface area contributed by atoms with Crippen molar-refractivity contribution in [2.45, 2.75) is 32.6 Å². The number of aromatic nitrogens is 4. The average Bonchev–Trinajstić information content (AvgIpc) is 3.91. The number of esters is 2. The van der Waals surface area contributed by atoms with E-state index >= 15 is 0 Å². The Morgan fingerprint density at radius 3 is 1.70 bits per heavy atom. The number of rotatable bonds is 14. The number of benzene rings is 3. The summed E-state index contributed by atoms with van der Waals surface area (Å²) in [4.78, 5) is 46.8. The van der Waals surface area contributed by atoms with E-state index in [1.54, 1.807) is 45.0 Å². The normalized spacial score (nSPS) is 14.5. The van der Waals surface area contributed by atoms with E-state index in [-0.39, 0.29) is 30.0 Å². The van der Waals surface area contributed by atoms with Crippen LogP contribution in [0.5, 0.6) is 0 Å². The lowest BCUT2D eigenvalue weighted by Gasteiger charge is -2.30. The maximum Gasteiger partial charge on any atom is 0.336 e. The molecule has 3 aromatic carbocycles. The number of nitro groups is 1. The van der Waals surface area contributed by atoms with Crippen LogP contribution in [0.1, 0.15) is 49.3 Å². The van der Waals surface area contributed by atoms with Gasteiger partial charge in [0, 0.05) is 59.7 Å². The zero-order valence-corrected chi connectivity index (χ0v) is 29.3. The highest BCUT2D eigenvalue weighted by atomic mass is 16.6. The monoisotopic (exact) mass is 710 g/mol. The lowest BCUT2D eigenvalue weighted by atomic mass is 9.80. The van der Waals surface area contributed by atoms with Crippen molar-refractivity contribution in [3.05, 3.63) is 172 Å². The summed E-state index contributed by atoms with van der Waals surface area (Å²) in [5.41, 5.74) is 5.52. The van der Waals surface area contributed by atoms with E-state index in [0.29, 0.717) is 29.8 Å². The Balaban J connectivity index is 1.11. The fraction of sp³-hybridized carbons (Fsp3) is 0.171. The zero-order chi connectivity index (χ0) is 37.2. The van der Waals surface area contributed by atoms with Gasteiger partial charge in [0.25, 0.3) is 5.69 Å². The Morgan fingerprint density at radius 1 is 0.774 bits per heavy atom. The Kier molecular flexibility index (Phi) is 11.5. The van der Waals surface area contributed by atoms with Gasteiger partial charge >= 0.3 is 11.9 Å². The van der Waals surface area contributed by atoms with Gasteiger partial charge in [-0.15, -0.1) is 0 Å². The smallest absolute Gasteiger partial charge is 0.336 e. The molecule has 5 aromatic rings. The maximum atomic E-state index is 13.7. The Hall–Kier alpha value is -6.82. The van der Waals surface area contributed by atoms with Crippen molar-refractivity contribution in [2.75, 3.05) is 13.2 Å². The second-order valence-corrected chi connectivity index (χ2v) is 12.3. The van der Waals surface area contributed by atoms with Gasteiger partial charge in [-0.2, -0.15) is 0 Å². The van der Waals surface area contributed by atoms with Crippen molar-refractivity contribution in [3.63, 3.8) is 0 Å². The summed E-state index contributed by atoms with van der Waals surface area (Å²) in [5.74, 6) is -2.22. The molecule has 0 fully saturated rings. The molecule has 12 heteroatoms. The standard InChI is InChI=1S/C41H38N6O6/c1-29-37(40(48)52-24-5-3-8-31-12-16-34(17-13-31)45-22-20-42-27-45)39(33-10-7-11-36(26-33)47(50)51)38(30(2)44-29)41(49)53-25-6-4-9-32-14-18-35(19-15-32)46-23-21-43-28-46/h3-4,7-23,26-28,39,44H,5-6,24-25H2,1-2H3. The highest BCUT2D eigenvalue weighted by Gasteiger charge is 2.38. The molecular formula is C41H38N6O6. The fourth-order valence-electron chi connectivity index (χ4n) is 6.06. The van der Waals surface area contributed by atoms with Crippen molar-refractivity contribution in [3.8, 4) is 11.4 Å². The molecule has 268 valence electrons. The predicted molar refractivity (Wildman–Crippen MR) is 201 cm³/mol. The number of hydrogen-bond donors (Lipinski definition) is 1. The first kappa shape index (κ1) is 36.0. The van der Waals surface area contributed by atoms with Gasteiger partial charge in [-0.25, -0.2) is 19.6 Å². The molecule has 0 aliphatic carbocycles. The summed E-state index contributed by atoms with van der Waals surface area (Å²) in [5, 5.41) is 14.9. The van der Waals surface area contributed by atoms with Crippen LogP contribution in [0.2, 0.25) is 0 Å². The molecule has 0 spiro atoms. The van der Waals surface area contributed by atoms with Gasteiger partial charge in [0.05, 0.1) is 47.9 Å². The van der Waals surface area contributed by atoms with Gasteiger partial charge in [-0.3, -0.25) is 10.1 Å². The number of nitro benzene ring substituents is 1. The molecule has 3 heterocycles. The second-order valence-electron chi connectivity index (χ2n) is 12.3. The number of nitrogens with one attached hydrogen (secondary N) is 1. The van der Waals surface area contributed by atoms with Gasteiger partial charge < -0.3 is 23.9 Å². The highest BCUT2D eigenvalue weighted by Crippen LogP contribution is 2.40. The summed E-state index contributed by atoms with van der Waals surface area (Å²) in [6, 6.07) is 21.8. The number of nitrogens with zero attached hydrogens (tertiary/aromatic N) is 5. The number of non-ortho nitro benzene ring substituents is 1. The van der Waals surface area contributed by atoms with Crippen LogP contribution in [0.15, 0.2) is 145 Å². The van der Waals surface area contributed by atoms with E-state index in [4.69, 9.17) is 9.47 Å². The minimum atomic E-state index is -0.953. The fourth-order valence-corrected chi connectivity index (χ4v) is 6.06. The van der Waals surface area contributed by atoms with E-state index < -0.39 is 22.8 Å². The van der Waals surface area contributed by atoms with E-state index in [2.05, 4.69) is 15.3 Å². The van der Waals surface area contributed by atoms with Crippen LogP contribution >= 0.6 is 0 Å². The number of dihydropyridines is 1. The van der Waals surface area contributed by atoms with Crippen LogP contribution in [0.4, 0.5) is 5.69 Å². The molecule has 6 rings (SSSR count). The number of allylic oxidation sites excluding steroid dienone is 2. The number of carbonyl (C=O) groups is 2. The van der Waals surface area contributed by atoms with Crippen LogP contribution in [-0.2, 0) is 19.1 Å². The predicted octanol–water partition coefficient (Wildman–Crippen LogP) is 7.49. The lowest BCUT2D eigenvalue weighted by Crippen LogP contribution is -2.32. The summed E-state index contributed by atoms with van der Waals surface area (Å²) < 4.78 is 15.3. The SMILES string of the molecule is CC1=C(C(=O)OCCC=Cc2ccc(-n3ccnc3)cc2)C(c2cccc([N+](=O)[O-])c2)C(C(=O)OCCC=Cc2ccc(-n3ccnc3)cc2)=C(C)N1. The van der Waals surface area contributed by atoms with Crippen molar-refractivity contribution < 1.29 is 24.0 Å². The first-order valence-corrected chi connectivity index (χ1v) is 17.1. The van der Waals surface area contributed by atoms with Crippen LogP contribution in [-0.4, -0.2) is 49.2 Å². The van der Waals surface area contributed by atoms with E-state index in [1.165, 1.54) is 18.2 Å². The molecule has 53 heavy (non-hydrogen) atoms. The molecule has 0 saturated heterocycles. The van der Waals surface area contributed by atoms with Crippen LogP contribution < -0.4 is 5.32 Å². The molecule has 2 aromatic heterocycles. The molecule has 12 nitrogen and oxygen atoms in total. The van der Waals surface area contributed by atoms with Crippen LogP contribution in [0.3, 0.4) is 0 Å². The van der Waals surface area contributed by atoms with Crippen molar-refractivity contribution in [1.29, 1.82) is 0 Å². The topological polar surface area (TPSA) is 143 Å². The molecule has 0 unspecified atom stereocenters. The van der Waals surface area contributed by atoms with Gasteiger partial charge in [0.15, 0.2) is 0 Å². The minimum Gasteiger partial charge on any atom is -0.462 e. The Morgan fingerprint density at radius 2 is 1.26 bits per heavy atom. The Bertz CT molecular complexity index is 2050. The van der Waals surface area contributed by atoms with E-state index in [9.17, 15) is 19.7 Å². The minimum absolute atomic E-state index is 0.0853. The third kappa shape index (κ3) is 8.92. The summed E-state index contributed by atoms with van der Waals surface area (Å²) >= 11 is 0. The molecule has 0 amide bonds. The quantitative estimate of drug-likeness (QED) is 0.0536. The molecule has 0 bridgehead atoms. The molecule has 1 aliphatic rings. The first-order valence-electron chi connectivity index (χ1n) is 17.1. The van der Waals surface area contributed by atoms with Crippen molar-refractivity contribution in [1.82, 2.24) is 24.4 Å². The molecular weight excluding hydrogens is 672 g/mol. The van der Waals surface area contributed by atoms with Gasteiger partial charge in [-0.05, 0) is 67.6 Å². The molecule has 0 saturated carbocycles. The molecule has 0 atom stereocenters.